The maximum absolute atomic E-state index is 12.7. The van der Waals surface area contributed by atoms with Crippen LogP contribution < -0.4 is 20.1 Å². The summed E-state index contributed by atoms with van der Waals surface area (Å²) < 4.78 is 10.3. The van der Waals surface area contributed by atoms with Gasteiger partial charge in [0.1, 0.15) is 12.2 Å². The van der Waals surface area contributed by atoms with E-state index in [9.17, 15) is 19.2 Å². The first-order chi connectivity index (χ1) is 15.7. The zero-order valence-corrected chi connectivity index (χ0v) is 18.4. The van der Waals surface area contributed by atoms with Gasteiger partial charge in [-0.2, -0.15) is 0 Å². The van der Waals surface area contributed by atoms with Crippen LogP contribution in [0.25, 0.3) is 6.08 Å². The van der Waals surface area contributed by atoms with E-state index in [2.05, 4.69) is 10.6 Å². The van der Waals surface area contributed by atoms with Crippen molar-refractivity contribution in [2.75, 3.05) is 25.6 Å². The molecule has 1 aliphatic rings. The summed E-state index contributed by atoms with van der Waals surface area (Å²) in [6.07, 6.45) is 1.35. The van der Waals surface area contributed by atoms with Gasteiger partial charge >= 0.3 is 12.0 Å². The number of aliphatic carboxylic acids is 1. The lowest BCUT2D eigenvalue weighted by molar-refractivity contribution is -0.139. The number of amides is 4. The smallest absolute Gasteiger partial charge is 0.341 e. The van der Waals surface area contributed by atoms with E-state index in [0.717, 1.165) is 10.5 Å². The number of ether oxygens (including phenoxy) is 2. The number of nitrogens with one attached hydrogen (secondary N) is 2. The second kappa shape index (κ2) is 10.0. The van der Waals surface area contributed by atoms with Crippen LogP contribution in [0.3, 0.4) is 0 Å². The number of methoxy groups -OCH3 is 1. The van der Waals surface area contributed by atoms with Crippen LogP contribution >= 0.6 is 11.6 Å². The summed E-state index contributed by atoms with van der Waals surface area (Å²) >= 11 is 6.17. The van der Waals surface area contributed by atoms with Crippen LogP contribution in [0.4, 0.5) is 10.5 Å². The van der Waals surface area contributed by atoms with Gasteiger partial charge in [-0.3, -0.25) is 9.59 Å². The Hall–Kier alpha value is -4.05. The molecule has 3 N–H and O–H groups in total. The number of carbonyl (C=O) groups excluding carboxylic acids is 3. The summed E-state index contributed by atoms with van der Waals surface area (Å²) in [4.78, 5) is 48.7. The Balaban J connectivity index is 1.74. The van der Waals surface area contributed by atoms with Crippen molar-refractivity contribution in [2.24, 2.45) is 0 Å². The largest absolute Gasteiger partial charge is 0.493 e. The topological polar surface area (TPSA) is 134 Å². The minimum atomic E-state index is -1.19. The minimum absolute atomic E-state index is 0.0277. The van der Waals surface area contributed by atoms with Crippen molar-refractivity contribution in [1.29, 1.82) is 0 Å². The lowest BCUT2D eigenvalue weighted by Crippen LogP contribution is -2.38. The third kappa shape index (κ3) is 5.80. The summed E-state index contributed by atoms with van der Waals surface area (Å²) in [6, 6.07) is 9.20. The number of anilines is 1. The Labute approximate surface area is 193 Å². The van der Waals surface area contributed by atoms with Crippen molar-refractivity contribution in [1.82, 2.24) is 10.2 Å². The number of carbonyl (C=O) groups is 4. The SMILES string of the molecule is COc1cc(/C=C2/NC(=O)N(CC(=O)Nc3ccc(C)cc3)C2=O)cc(Cl)c1OCC(=O)O. The first-order valence-corrected chi connectivity index (χ1v) is 9.99. The van der Waals surface area contributed by atoms with E-state index in [1.54, 1.807) is 12.1 Å². The van der Waals surface area contributed by atoms with Gasteiger partial charge in [0.15, 0.2) is 18.1 Å². The van der Waals surface area contributed by atoms with Crippen LogP contribution in [-0.2, 0) is 14.4 Å². The van der Waals surface area contributed by atoms with Crippen LogP contribution in [0.1, 0.15) is 11.1 Å². The van der Waals surface area contributed by atoms with Gasteiger partial charge in [0.25, 0.3) is 5.91 Å². The number of hydrogen-bond donors (Lipinski definition) is 3. The Morgan fingerprint density at radius 2 is 1.91 bits per heavy atom. The van der Waals surface area contributed by atoms with Crippen molar-refractivity contribution in [3.63, 3.8) is 0 Å². The monoisotopic (exact) mass is 473 g/mol. The second-order valence-corrected chi connectivity index (χ2v) is 7.42. The summed E-state index contributed by atoms with van der Waals surface area (Å²) in [6.45, 7) is 0.818. The number of hydrogen-bond acceptors (Lipinski definition) is 6. The number of halogens is 1. The average molecular weight is 474 g/mol. The van der Waals surface area contributed by atoms with Crippen LogP contribution in [0.5, 0.6) is 11.5 Å². The van der Waals surface area contributed by atoms with Crippen molar-refractivity contribution in [2.45, 2.75) is 6.92 Å². The number of imide groups is 1. The predicted molar refractivity (Wildman–Crippen MR) is 119 cm³/mol. The fourth-order valence-corrected chi connectivity index (χ4v) is 3.23. The van der Waals surface area contributed by atoms with E-state index in [-0.39, 0.29) is 22.2 Å². The Morgan fingerprint density at radius 1 is 1.21 bits per heavy atom. The van der Waals surface area contributed by atoms with E-state index in [0.29, 0.717) is 11.3 Å². The Bertz CT molecular complexity index is 1150. The highest BCUT2D eigenvalue weighted by molar-refractivity contribution is 6.32. The van der Waals surface area contributed by atoms with Crippen LogP contribution in [-0.4, -0.2) is 54.1 Å². The zero-order valence-electron chi connectivity index (χ0n) is 17.7. The van der Waals surface area contributed by atoms with Crippen molar-refractivity contribution in [3.8, 4) is 11.5 Å². The molecule has 1 saturated heterocycles. The molecule has 10 nitrogen and oxygen atoms in total. The number of nitrogens with zero attached hydrogens (tertiary/aromatic N) is 1. The summed E-state index contributed by atoms with van der Waals surface area (Å²) in [5, 5.41) is 13.9. The van der Waals surface area contributed by atoms with E-state index in [4.69, 9.17) is 26.2 Å². The van der Waals surface area contributed by atoms with Gasteiger partial charge in [0, 0.05) is 5.69 Å². The standard InChI is InChI=1S/C22H20ClN3O7/c1-12-3-5-14(6-4-12)24-18(27)10-26-21(30)16(25-22(26)31)8-13-7-15(23)20(17(9-13)32-2)33-11-19(28)29/h3-9H,10-11H2,1-2H3,(H,24,27)(H,25,31)(H,28,29)/b16-8+. The molecule has 0 bridgehead atoms. The highest BCUT2D eigenvalue weighted by atomic mass is 35.5. The molecule has 1 aliphatic heterocycles. The first-order valence-electron chi connectivity index (χ1n) is 9.61. The fourth-order valence-electron chi connectivity index (χ4n) is 2.96. The maximum Gasteiger partial charge on any atom is 0.341 e. The van der Waals surface area contributed by atoms with Gasteiger partial charge in [-0.1, -0.05) is 29.3 Å². The van der Waals surface area contributed by atoms with E-state index < -0.39 is 37.0 Å². The molecule has 1 fully saturated rings. The van der Waals surface area contributed by atoms with Crippen molar-refractivity contribution in [3.05, 3.63) is 58.2 Å². The molecule has 11 heteroatoms. The Kier molecular flexibility index (Phi) is 7.19. The molecule has 3 rings (SSSR count). The number of aryl methyl sites for hydroxylation is 1. The van der Waals surface area contributed by atoms with Crippen LogP contribution in [0.2, 0.25) is 5.02 Å². The Morgan fingerprint density at radius 3 is 2.55 bits per heavy atom. The number of urea groups is 1. The van der Waals surface area contributed by atoms with E-state index in [1.165, 1.54) is 25.3 Å². The highest BCUT2D eigenvalue weighted by Crippen LogP contribution is 2.37. The van der Waals surface area contributed by atoms with Gasteiger partial charge in [-0.15, -0.1) is 0 Å². The van der Waals surface area contributed by atoms with E-state index >= 15 is 0 Å². The van der Waals surface area contributed by atoms with Gasteiger partial charge < -0.3 is 25.2 Å². The van der Waals surface area contributed by atoms with Crippen molar-refractivity contribution < 1.29 is 33.8 Å². The van der Waals surface area contributed by atoms with Crippen LogP contribution in [0.15, 0.2) is 42.1 Å². The molecule has 33 heavy (non-hydrogen) atoms. The molecule has 0 spiro atoms. The average Bonchev–Trinajstić information content (AvgIpc) is 3.01. The zero-order chi connectivity index (χ0) is 24.1. The van der Waals surface area contributed by atoms with Gasteiger partial charge in [-0.05, 0) is 42.8 Å². The molecular formula is C22H20ClN3O7. The first kappa shape index (κ1) is 23.6. The minimum Gasteiger partial charge on any atom is -0.493 e. The molecule has 2 aromatic rings. The second-order valence-electron chi connectivity index (χ2n) is 7.01. The molecule has 0 atom stereocenters. The normalized spacial score (nSPS) is 14.3. The maximum atomic E-state index is 12.7. The summed E-state index contributed by atoms with van der Waals surface area (Å²) in [7, 11) is 1.34. The van der Waals surface area contributed by atoms with E-state index in [1.807, 2.05) is 19.1 Å². The molecule has 2 aromatic carbocycles. The number of benzene rings is 2. The molecule has 0 unspecified atom stereocenters. The van der Waals surface area contributed by atoms with Gasteiger partial charge in [0.05, 0.1) is 12.1 Å². The number of carboxylic acids is 1. The molecule has 0 aromatic heterocycles. The van der Waals surface area contributed by atoms with Crippen LogP contribution in [0, 0.1) is 6.92 Å². The van der Waals surface area contributed by atoms with Crippen molar-refractivity contribution >= 4 is 47.2 Å². The summed E-state index contributed by atoms with van der Waals surface area (Å²) in [5.41, 5.74) is 1.88. The lowest BCUT2D eigenvalue weighted by Gasteiger charge is -2.12. The molecule has 4 amide bonds. The van der Waals surface area contributed by atoms with Gasteiger partial charge in [0.2, 0.25) is 5.91 Å². The summed E-state index contributed by atoms with van der Waals surface area (Å²) in [5.74, 6) is -2.25. The molecule has 0 radical (unpaired) electrons. The highest BCUT2D eigenvalue weighted by Gasteiger charge is 2.35. The molecule has 1 heterocycles. The molecule has 172 valence electrons. The molecular weight excluding hydrogens is 454 g/mol. The molecule has 0 saturated carbocycles. The third-order valence-electron chi connectivity index (χ3n) is 4.50. The number of rotatable bonds is 8. The molecule has 0 aliphatic carbocycles. The lowest BCUT2D eigenvalue weighted by atomic mass is 10.1. The number of carboxylic acid groups (broad SMARTS) is 1. The predicted octanol–water partition coefficient (Wildman–Crippen LogP) is 2.65. The quantitative estimate of drug-likeness (QED) is 0.396. The third-order valence-corrected chi connectivity index (χ3v) is 4.78. The fraction of sp³-hybridized carbons (Fsp3) is 0.182. The van der Waals surface area contributed by atoms with Gasteiger partial charge in [-0.25, -0.2) is 14.5 Å².